The van der Waals surface area contributed by atoms with Crippen molar-refractivity contribution in [2.75, 3.05) is 10.0 Å². The van der Waals surface area contributed by atoms with Crippen LogP contribution in [0.15, 0.2) is 53.4 Å². The number of anilines is 2. The van der Waals surface area contributed by atoms with Crippen LogP contribution in [0.4, 0.5) is 10.8 Å². The van der Waals surface area contributed by atoms with E-state index in [1.807, 2.05) is 13.0 Å². The molecular weight excluding hydrogens is 420 g/mol. The van der Waals surface area contributed by atoms with Crippen LogP contribution in [-0.4, -0.2) is 24.5 Å². The van der Waals surface area contributed by atoms with E-state index in [0.29, 0.717) is 10.8 Å². The highest BCUT2D eigenvalue weighted by atomic mass is 32.2. The van der Waals surface area contributed by atoms with Crippen LogP contribution in [0.25, 0.3) is 0 Å². The second-order valence-corrected chi connectivity index (χ2v) is 9.66. The summed E-state index contributed by atoms with van der Waals surface area (Å²) in [5, 5.41) is 12.1. The number of hydrogen-bond donors (Lipinski definition) is 2. The zero-order valence-corrected chi connectivity index (χ0v) is 18.5. The van der Waals surface area contributed by atoms with Crippen LogP contribution in [0.1, 0.15) is 47.1 Å². The second kappa shape index (κ2) is 9.82. The van der Waals surface area contributed by atoms with E-state index in [-0.39, 0.29) is 10.5 Å². The van der Waals surface area contributed by atoms with Gasteiger partial charge in [0, 0.05) is 17.7 Å². The predicted molar refractivity (Wildman–Crippen MR) is 120 cm³/mol. The normalized spacial score (nSPS) is 11.3. The summed E-state index contributed by atoms with van der Waals surface area (Å²) >= 11 is 1.33. The number of sulfonamides is 1. The fraction of sp³-hybridized carbons (Fsp3) is 0.286. The third kappa shape index (κ3) is 5.87. The lowest BCUT2D eigenvalue weighted by Gasteiger charge is -2.10. The molecule has 0 aliphatic carbocycles. The highest BCUT2D eigenvalue weighted by molar-refractivity contribution is 7.92. The van der Waals surface area contributed by atoms with E-state index in [1.165, 1.54) is 29.5 Å². The van der Waals surface area contributed by atoms with Gasteiger partial charge in [-0.05, 0) is 49.2 Å². The van der Waals surface area contributed by atoms with Crippen molar-refractivity contribution in [3.8, 4) is 0 Å². The molecule has 30 heavy (non-hydrogen) atoms. The van der Waals surface area contributed by atoms with E-state index in [2.05, 4.69) is 27.2 Å². The van der Waals surface area contributed by atoms with Gasteiger partial charge >= 0.3 is 0 Å². The quantitative estimate of drug-likeness (QED) is 0.469. The summed E-state index contributed by atoms with van der Waals surface area (Å²) in [6.07, 6.45) is 4.12. The minimum absolute atomic E-state index is 0.00849. The first-order valence-electron chi connectivity index (χ1n) is 9.70. The fourth-order valence-corrected chi connectivity index (χ4v) is 4.70. The molecule has 0 unspecified atom stereocenters. The van der Waals surface area contributed by atoms with Crippen molar-refractivity contribution in [2.24, 2.45) is 0 Å². The Morgan fingerprint density at radius 2 is 1.87 bits per heavy atom. The van der Waals surface area contributed by atoms with Crippen LogP contribution < -0.4 is 10.0 Å². The summed E-state index contributed by atoms with van der Waals surface area (Å²) in [4.78, 5) is 12.6. The second-order valence-electron chi connectivity index (χ2n) is 6.91. The van der Waals surface area contributed by atoms with Gasteiger partial charge in [0.05, 0.1) is 4.90 Å². The Kier molecular flexibility index (Phi) is 7.17. The molecule has 3 aromatic rings. The molecule has 1 aromatic heterocycles. The molecule has 3 rings (SSSR count). The van der Waals surface area contributed by atoms with Crippen molar-refractivity contribution in [3.63, 3.8) is 0 Å². The highest BCUT2D eigenvalue weighted by Gasteiger charge is 2.17. The Labute approximate surface area is 180 Å². The summed E-state index contributed by atoms with van der Waals surface area (Å²) in [7, 11) is -3.82. The SMILES string of the molecule is CCCCCc1nnc(NC(=O)c2cccc(S(=O)(=O)Nc3cccc(C)c3)c2)s1. The maximum atomic E-state index is 12.7. The van der Waals surface area contributed by atoms with Gasteiger partial charge in [0.15, 0.2) is 0 Å². The van der Waals surface area contributed by atoms with Crippen molar-refractivity contribution in [1.82, 2.24) is 10.2 Å². The molecule has 0 spiro atoms. The number of amides is 1. The molecular formula is C21H24N4O3S2. The van der Waals surface area contributed by atoms with E-state index in [1.54, 1.807) is 24.3 Å². The van der Waals surface area contributed by atoms with E-state index in [4.69, 9.17) is 0 Å². The lowest BCUT2D eigenvalue weighted by atomic mass is 10.2. The highest BCUT2D eigenvalue weighted by Crippen LogP contribution is 2.21. The van der Waals surface area contributed by atoms with Gasteiger partial charge in [-0.3, -0.25) is 14.8 Å². The molecule has 2 aromatic carbocycles. The number of aromatic nitrogens is 2. The Morgan fingerprint density at radius 3 is 2.63 bits per heavy atom. The molecule has 0 aliphatic heterocycles. The van der Waals surface area contributed by atoms with Gasteiger partial charge in [-0.15, -0.1) is 10.2 Å². The van der Waals surface area contributed by atoms with Gasteiger partial charge in [0.2, 0.25) is 5.13 Å². The maximum Gasteiger partial charge on any atom is 0.261 e. The minimum Gasteiger partial charge on any atom is -0.296 e. The largest absolute Gasteiger partial charge is 0.296 e. The van der Waals surface area contributed by atoms with Crippen molar-refractivity contribution >= 4 is 38.1 Å². The molecule has 9 heteroatoms. The van der Waals surface area contributed by atoms with Gasteiger partial charge in [-0.2, -0.15) is 0 Å². The third-order valence-electron chi connectivity index (χ3n) is 4.36. The topological polar surface area (TPSA) is 101 Å². The van der Waals surface area contributed by atoms with Crippen molar-refractivity contribution in [2.45, 2.75) is 44.4 Å². The first-order valence-corrected chi connectivity index (χ1v) is 12.0. The molecule has 0 bridgehead atoms. The van der Waals surface area contributed by atoms with Crippen LogP contribution in [0.2, 0.25) is 0 Å². The molecule has 0 saturated carbocycles. The van der Waals surface area contributed by atoms with Gasteiger partial charge in [-0.25, -0.2) is 8.42 Å². The minimum atomic E-state index is -3.82. The first kappa shape index (κ1) is 21.9. The first-order chi connectivity index (χ1) is 14.4. The lowest BCUT2D eigenvalue weighted by molar-refractivity contribution is 0.102. The van der Waals surface area contributed by atoms with Crippen LogP contribution >= 0.6 is 11.3 Å². The molecule has 0 saturated heterocycles. The average molecular weight is 445 g/mol. The van der Waals surface area contributed by atoms with Crippen molar-refractivity contribution < 1.29 is 13.2 Å². The summed E-state index contributed by atoms with van der Waals surface area (Å²) in [6, 6.07) is 13.0. The number of nitrogens with one attached hydrogen (secondary N) is 2. The van der Waals surface area contributed by atoms with Crippen LogP contribution in [-0.2, 0) is 16.4 Å². The molecule has 0 atom stereocenters. The number of hydrogen-bond acceptors (Lipinski definition) is 6. The summed E-state index contributed by atoms with van der Waals surface area (Å²) < 4.78 is 28.0. The van der Waals surface area contributed by atoms with Crippen molar-refractivity contribution in [3.05, 3.63) is 64.7 Å². The Morgan fingerprint density at radius 1 is 1.07 bits per heavy atom. The molecule has 0 aliphatic rings. The van der Waals surface area contributed by atoms with Crippen LogP contribution in [0, 0.1) is 6.92 Å². The van der Waals surface area contributed by atoms with Gasteiger partial charge < -0.3 is 0 Å². The number of carbonyl (C=O) groups excluding carboxylic acids is 1. The Bertz CT molecular complexity index is 1130. The summed E-state index contributed by atoms with van der Waals surface area (Å²) in [5.74, 6) is -0.432. The number of benzene rings is 2. The van der Waals surface area contributed by atoms with E-state index in [0.717, 1.165) is 36.3 Å². The predicted octanol–water partition coefficient (Wildman–Crippen LogP) is 4.63. The van der Waals surface area contributed by atoms with E-state index < -0.39 is 15.9 Å². The Hall–Kier alpha value is -2.78. The van der Waals surface area contributed by atoms with E-state index >= 15 is 0 Å². The molecule has 1 heterocycles. The smallest absolute Gasteiger partial charge is 0.261 e. The molecule has 7 nitrogen and oxygen atoms in total. The Balaban J connectivity index is 1.70. The van der Waals surface area contributed by atoms with Crippen LogP contribution in [0.5, 0.6) is 0 Å². The summed E-state index contributed by atoms with van der Waals surface area (Å²) in [6.45, 7) is 4.02. The molecule has 0 fully saturated rings. The maximum absolute atomic E-state index is 12.7. The van der Waals surface area contributed by atoms with Gasteiger partial charge in [-0.1, -0.05) is 49.3 Å². The number of carbonyl (C=O) groups is 1. The van der Waals surface area contributed by atoms with Crippen molar-refractivity contribution in [1.29, 1.82) is 0 Å². The average Bonchev–Trinajstić information content (AvgIpc) is 3.15. The zero-order chi connectivity index (χ0) is 21.6. The fourth-order valence-electron chi connectivity index (χ4n) is 2.83. The lowest BCUT2D eigenvalue weighted by Crippen LogP contribution is -2.16. The zero-order valence-electron chi connectivity index (χ0n) is 16.9. The molecule has 0 radical (unpaired) electrons. The standard InChI is InChI=1S/C21H24N4O3S2/c1-3-4-5-12-19-23-24-21(29-19)22-20(26)16-9-7-11-18(14-16)30(27,28)25-17-10-6-8-15(2)13-17/h6-11,13-14,25H,3-5,12H2,1-2H3,(H,22,24,26). The van der Waals surface area contributed by atoms with Crippen LogP contribution in [0.3, 0.4) is 0 Å². The third-order valence-corrected chi connectivity index (χ3v) is 6.64. The molecule has 1 amide bonds. The van der Waals surface area contributed by atoms with Gasteiger partial charge in [0.1, 0.15) is 5.01 Å². The van der Waals surface area contributed by atoms with Gasteiger partial charge in [0.25, 0.3) is 15.9 Å². The van der Waals surface area contributed by atoms with E-state index in [9.17, 15) is 13.2 Å². The number of aryl methyl sites for hydroxylation is 2. The summed E-state index contributed by atoms with van der Waals surface area (Å²) in [5.41, 5.74) is 1.63. The molecule has 158 valence electrons. The monoisotopic (exact) mass is 444 g/mol. The number of nitrogens with zero attached hydrogens (tertiary/aromatic N) is 2. The molecule has 2 N–H and O–H groups in total. The number of unbranched alkanes of at least 4 members (excludes halogenated alkanes) is 2. The number of rotatable bonds is 9.